The van der Waals surface area contributed by atoms with Crippen LogP contribution in [0.3, 0.4) is 0 Å². The molecule has 0 aromatic rings. The largest absolute Gasteiger partial charge is 0.481 e. The van der Waals surface area contributed by atoms with Gasteiger partial charge in [0.25, 0.3) is 0 Å². The Labute approximate surface area is 102 Å². The highest BCUT2D eigenvalue weighted by molar-refractivity contribution is 7.99. The molecule has 0 bridgehead atoms. The summed E-state index contributed by atoms with van der Waals surface area (Å²) < 4.78 is 0. The molecule has 0 saturated heterocycles. The minimum Gasteiger partial charge on any atom is -0.481 e. The van der Waals surface area contributed by atoms with Crippen LogP contribution in [0.4, 0.5) is 0 Å². The van der Waals surface area contributed by atoms with E-state index in [0.29, 0.717) is 6.54 Å². The van der Waals surface area contributed by atoms with Crippen LogP contribution < -0.4 is 5.48 Å². The summed E-state index contributed by atoms with van der Waals surface area (Å²) in [6, 6.07) is 0. The standard InChI is InChI=1S/C11H23NO3S/c1-5-16-8-9(6-10(13)14)7-12-15-11(2,3)4/h9,12H,5-8H2,1-4H3,(H,13,14). The number of hydroxylamine groups is 1. The molecule has 0 aromatic carbocycles. The number of nitrogens with one attached hydrogen (secondary N) is 1. The molecule has 0 aromatic heterocycles. The van der Waals surface area contributed by atoms with Crippen LogP contribution in [0.1, 0.15) is 34.1 Å². The third kappa shape index (κ3) is 10.3. The Morgan fingerprint density at radius 2 is 2.12 bits per heavy atom. The fourth-order valence-electron chi connectivity index (χ4n) is 1.10. The second kappa shape index (κ2) is 7.92. The number of carboxylic acid groups (broad SMARTS) is 1. The van der Waals surface area contributed by atoms with Gasteiger partial charge in [-0.05, 0) is 38.2 Å². The summed E-state index contributed by atoms with van der Waals surface area (Å²) in [4.78, 5) is 16.0. The molecular weight excluding hydrogens is 226 g/mol. The highest BCUT2D eigenvalue weighted by Crippen LogP contribution is 2.12. The van der Waals surface area contributed by atoms with Gasteiger partial charge in [-0.15, -0.1) is 0 Å². The number of aliphatic carboxylic acids is 1. The van der Waals surface area contributed by atoms with E-state index in [-0.39, 0.29) is 17.9 Å². The minimum absolute atomic E-state index is 0.116. The monoisotopic (exact) mass is 249 g/mol. The van der Waals surface area contributed by atoms with Gasteiger partial charge < -0.3 is 5.11 Å². The first-order chi connectivity index (χ1) is 7.35. The SMILES string of the molecule is CCSCC(CNOC(C)(C)C)CC(=O)O. The van der Waals surface area contributed by atoms with E-state index in [2.05, 4.69) is 12.4 Å². The highest BCUT2D eigenvalue weighted by atomic mass is 32.2. The maximum atomic E-state index is 10.7. The van der Waals surface area contributed by atoms with Gasteiger partial charge in [-0.3, -0.25) is 9.63 Å². The van der Waals surface area contributed by atoms with E-state index < -0.39 is 5.97 Å². The lowest BCUT2D eigenvalue weighted by molar-refractivity contribution is -0.138. The van der Waals surface area contributed by atoms with Crippen molar-refractivity contribution in [3.63, 3.8) is 0 Å². The van der Waals surface area contributed by atoms with Crippen molar-refractivity contribution >= 4 is 17.7 Å². The van der Waals surface area contributed by atoms with Crippen LogP contribution in [0, 0.1) is 5.92 Å². The fraction of sp³-hybridized carbons (Fsp3) is 0.909. The summed E-state index contributed by atoms with van der Waals surface area (Å²) in [5.74, 6) is 1.23. The molecule has 0 aliphatic carbocycles. The molecule has 0 saturated carbocycles. The van der Waals surface area contributed by atoms with Crippen LogP contribution >= 0.6 is 11.8 Å². The van der Waals surface area contributed by atoms with Crippen LogP contribution in [0.5, 0.6) is 0 Å². The van der Waals surface area contributed by atoms with Gasteiger partial charge >= 0.3 is 5.97 Å². The summed E-state index contributed by atoms with van der Waals surface area (Å²) in [6.07, 6.45) is 0.188. The molecular formula is C11H23NO3S. The third-order valence-electron chi connectivity index (χ3n) is 1.77. The average Bonchev–Trinajstić information content (AvgIpc) is 2.11. The maximum absolute atomic E-state index is 10.7. The highest BCUT2D eigenvalue weighted by Gasteiger charge is 2.15. The van der Waals surface area contributed by atoms with E-state index in [9.17, 15) is 4.79 Å². The first kappa shape index (κ1) is 15.7. The van der Waals surface area contributed by atoms with Crippen LogP contribution in [-0.2, 0) is 9.63 Å². The van der Waals surface area contributed by atoms with E-state index in [0.717, 1.165) is 11.5 Å². The number of hydrogen-bond donors (Lipinski definition) is 2. The molecule has 0 heterocycles. The van der Waals surface area contributed by atoms with E-state index in [1.165, 1.54) is 0 Å². The Balaban J connectivity index is 3.86. The Kier molecular flexibility index (Phi) is 7.80. The van der Waals surface area contributed by atoms with Crippen molar-refractivity contribution in [2.24, 2.45) is 5.92 Å². The van der Waals surface area contributed by atoms with E-state index in [4.69, 9.17) is 9.94 Å². The number of rotatable bonds is 8. The topological polar surface area (TPSA) is 58.6 Å². The number of carboxylic acids is 1. The van der Waals surface area contributed by atoms with Gasteiger partial charge in [-0.25, -0.2) is 5.48 Å². The van der Waals surface area contributed by atoms with Gasteiger partial charge in [-0.1, -0.05) is 6.92 Å². The molecule has 2 N–H and O–H groups in total. The molecule has 0 spiro atoms. The normalized spacial score (nSPS) is 13.8. The zero-order valence-electron chi connectivity index (χ0n) is 10.6. The zero-order valence-corrected chi connectivity index (χ0v) is 11.4. The average molecular weight is 249 g/mol. The summed E-state index contributed by atoms with van der Waals surface area (Å²) in [5.41, 5.74) is 2.62. The van der Waals surface area contributed by atoms with Crippen molar-refractivity contribution in [1.82, 2.24) is 5.48 Å². The Morgan fingerprint density at radius 3 is 2.56 bits per heavy atom. The summed E-state index contributed by atoms with van der Waals surface area (Å²) >= 11 is 1.76. The molecule has 96 valence electrons. The Bertz CT molecular complexity index is 204. The Hall–Kier alpha value is -0.260. The zero-order chi connectivity index (χ0) is 12.6. The van der Waals surface area contributed by atoms with Crippen molar-refractivity contribution in [2.75, 3.05) is 18.1 Å². The van der Waals surface area contributed by atoms with Crippen LogP contribution in [-0.4, -0.2) is 34.7 Å². The minimum atomic E-state index is -0.751. The molecule has 1 atom stereocenters. The summed E-state index contributed by atoms with van der Waals surface area (Å²) in [6.45, 7) is 8.51. The van der Waals surface area contributed by atoms with Gasteiger partial charge in [0.1, 0.15) is 0 Å². The molecule has 0 fully saturated rings. The maximum Gasteiger partial charge on any atom is 0.303 e. The van der Waals surface area contributed by atoms with Gasteiger partial charge in [0.15, 0.2) is 0 Å². The van der Waals surface area contributed by atoms with E-state index in [1.807, 2.05) is 20.8 Å². The molecule has 1 unspecified atom stereocenters. The van der Waals surface area contributed by atoms with Gasteiger partial charge in [0, 0.05) is 6.54 Å². The predicted molar refractivity (Wildman–Crippen MR) is 67.6 cm³/mol. The summed E-state index contributed by atoms with van der Waals surface area (Å²) in [7, 11) is 0. The smallest absolute Gasteiger partial charge is 0.303 e. The Morgan fingerprint density at radius 1 is 1.50 bits per heavy atom. The van der Waals surface area contributed by atoms with Gasteiger partial charge in [-0.2, -0.15) is 11.8 Å². The second-order valence-corrected chi connectivity index (χ2v) is 6.01. The second-order valence-electron chi connectivity index (χ2n) is 4.69. The molecule has 4 nitrogen and oxygen atoms in total. The van der Waals surface area contributed by atoms with Gasteiger partial charge in [0.05, 0.1) is 12.0 Å². The lowest BCUT2D eigenvalue weighted by Crippen LogP contribution is -2.33. The van der Waals surface area contributed by atoms with E-state index >= 15 is 0 Å². The number of hydrogen-bond acceptors (Lipinski definition) is 4. The van der Waals surface area contributed by atoms with Crippen molar-refractivity contribution < 1.29 is 14.7 Å². The fourth-order valence-corrected chi connectivity index (χ4v) is 1.90. The molecule has 0 radical (unpaired) electrons. The van der Waals surface area contributed by atoms with E-state index in [1.54, 1.807) is 11.8 Å². The number of thioether (sulfide) groups is 1. The molecule has 5 heteroatoms. The lowest BCUT2D eigenvalue weighted by atomic mass is 10.1. The van der Waals surface area contributed by atoms with Crippen LogP contribution in [0.25, 0.3) is 0 Å². The van der Waals surface area contributed by atoms with Gasteiger partial charge in [0.2, 0.25) is 0 Å². The molecule has 0 rings (SSSR count). The first-order valence-corrected chi connectivity index (χ1v) is 6.71. The van der Waals surface area contributed by atoms with Crippen molar-refractivity contribution in [3.8, 4) is 0 Å². The van der Waals surface area contributed by atoms with Crippen molar-refractivity contribution in [1.29, 1.82) is 0 Å². The lowest BCUT2D eigenvalue weighted by Gasteiger charge is -2.22. The molecule has 16 heavy (non-hydrogen) atoms. The first-order valence-electron chi connectivity index (χ1n) is 5.55. The number of carbonyl (C=O) groups is 1. The van der Waals surface area contributed by atoms with Crippen molar-refractivity contribution in [2.45, 2.75) is 39.7 Å². The molecule has 0 aliphatic heterocycles. The molecule has 0 aliphatic rings. The van der Waals surface area contributed by atoms with Crippen molar-refractivity contribution in [3.05, 3.63) is 0 Å². The quantitative estimate of drug-likeness (QED) is 0.646. The third-order valence-corrected chi connectivity index (χ3v) is 2.89. The predicted octanol–water partition coefficient (Wildman–Crippen LogP) is 2.15. The molecule has 0 amide bonds. The summed E-state index contributed by atoms with van der Waals surface area (Å²) in [5, 5.41) is 8.76. The van der Waals surface area contributed by atoms with Crippen LogP contribution in [0.15, 0.2) is 0 Å². The van der Waals surface area contributed by atoms with Crippen LogP contribution in [0.2, 0.25) is 0 Å².